The second-order valence-electron chi connectivity index (χ2n) is 7.50. The Hall–Kier alpha value is -2.10. The molecular formula is C19H25N3O. The molecule has 2 aromatic rings. The van der Waals surface area contributed by atoms with Crippen LogP contribution >= 0.6 is 0 Å². The van der Waals surface area contributed by atoms with Crippen molar-refractivity contribution in [3.05, 3.63) is 52.8 Å². The molecule has 0 N–H and O–H groups in total. The summed E-state index contributed by atoms with van der Waals surface area (Å²) in [6, 6.07) is 6.74. The molecule has 2 heterocycles. The van der Waals surface area contributed by atoms with Crippen LogP contribution < -0.4 is 0 Å². The molecule has 4 nitrogen and oxygen atoms in total. The highest BCUT2D eigenvalue weighted by Crippen LogP contribution is 2.27. The van der Waals surface area contributed by atoms with Crippen LogP contribution in [0.1, 0.15) is 43.0 Å². The number of fused-ring (bicyclic) bond motifs is 1. The van der Waals surface area contributed by atoms with Crippen LogP contribution in [0, 0.1) is 0 Å². The van der Waals surface area contributed by atoms with Gasteiger partial charge in [-0.2, -0.15) is 5.10 Å². The predicted molar refractivity (Wildman–Crippen MR) is 91.2 cm³/mol. The molecule has 23 heavy (non-hydrogen) atoms. The van der Waals surface area contributed by atoms with Crippen LogP contribution in [0.4, 0.5) is 0 Å². The van der Waals surface area contributed by atoms with Crippen molar-refractivity contribution < 1.29 is 4.79 Å². The molecule has 1 aromatic carbocycles. The van der Waals surface area contributed by atoms with Crippen molar-refractivity contribution >= 4 is 5.91 Å². The van der Waals surface area contributed by atoms with E-state index in [-0.39, 0.29) is 11.3 Å². The van der Waals surface area contributed by atoms with Gasteiger partial charge in [0.05, 0.1) is 12.6 Å². The highest BCUT2D eigenvalue weighted by molar-refractivity contribution is 5.79. The molecule has 0 atom stereocenters. The van der Waals surface area contributed by atoms with Crippen LogP contribution in [0.5, 0.6) is 0 Å². The van der Waals surface area contributed by atoms with E-state index in [1.807, 2.05) is 18.1 Å². The van der Waals surface area contributed by atoms with Crippen molar-refractivity contribution in [2.45, 2.75) is 45.6 Å². The first kappa shape index (κ1) is 15.8. The van der Waals surface area contributed by atoms with Gasteiger partial charge in [-0.15, -0.1) is 0 Å². The fourth-order valence-corrected chi connectivity index (χ4v) is 3.09. The van der Waals surface area contributed by atoms with Gasteiger partial charge in [0.2, 0.25) is 5.91 Å². The topological polar surface area (TPSA) is 38.1 Å². The maximum Gasteiger partial charge on any atom is 0.227 e. The minimum absolute atomic E-state index is 0.136. The summed E-state index contributed by atoms with van der Waals surface area (Å²) in [7, 11) is 1.87. The molecule has 0 unspecified atom stereocenters. The summed E-state index contributed by atoms with van der Waals surface area (Å²) in [5, 5.41) is 4.14. The molecule has 0 radical (unpaired) electrons. The first-order chi connectivity index (χ1) is 10.8. The van der Waals surface area contributed by atoms with Crippen LogP contribution in [-0.2, 0) is 36.6 Å². The van der Waals surface area contributed by atoms with Gasteiger partial charge in [-0.05, 0) is 34.1 Å². The number of carbonyl (C=O) groups excluding carboxylic acids is 1. The van der Waals surface area contributed by atoms with Crippen molar-refractivity contribution in [2.75, 3.05) is 6.54 Å². The van der Waals surface area contributed by atoms with Gasteiger partial charge < -0.3 is 4.90 Å². The van der Waals surface area contributed by atoms with Crippen molar-refractivity contribution in [3.63, 3.8) is 0 Å². The first-order valence-corrected chi connectivity index (χ1v) is 8.20. The van der Waals surface area contributed by atoms with E-state index in [1.54, 1.807) is 10.9 Å². The molecule has 4 heteroatoms. The summed E-state index contributed by atoms with van der Waals surface area (Å²) < 4.78 is 1.74. The van der Waals surface area contributed by atoms with Crippen molar-refractivity contribution in [3.8, 4) is 0 Å². The molecule has 1 aliphatic heterocycles. The van der Waals surface area contributed by atoms with Gasteiger partial charge in [-0.3, -0.25) is 9.48 Å². The van der Waals surface area contributed by atoms with E-state index in [1.165, 1.54) is 16.7 Å². The van der Waals surface area contributed by atoms with Crippen LogP contribution in [0.3, 0.4) is 0 Å². The number of carbonyl (C=O) groups is 1. The van der Waals surface area contributed by atoms with Crippen LogP contribution in [-0.4, -0.2) is 27.1 Å². The second-order valence-corrected chi connectivity index (χ2v) is 7.50. The molecule has 0 aliphatic carbocycles. The fraction of sp³-hybridized carbons (Fsp3) is 0.474. The number of hydrogen-bond acceptors (Lipinski definition) is 2. The van der Waals surface area contributed by atoms with Gasteiger partial charge >= 0.3 is 0 Å². The van der Waals surface area contributed by atoms with Crippen LogP contribution in [0.25, 0.3) is 0 Å². The minimum atomic E-state index is 0.136. The van der Waals surface area contributed by atoms with E-state index in [2.05, 4.69) is 44.1 Å². The Bertz CT molecular complexity index is 724. The smallest absolute Gasteiger partial charge is 0.227 e. The summed E-state index contributed by atoms with van der Waals surface area (Å²) in [4.78, 5) is 14.5. The highest BCUT2D eigenvalue weighted by atomic mass is 16.2. The van der Waals surface area contributed by atoms with Gasteiger partial charge in [-0.1, -0.05) is 39.0 Å². The molecule has 122 valence electrons. The van der Waals surface area contributed by atoms with Gasteiger partial charge in [0, 0.05) is 26.3 Å². The van der Waals surface area contributed by atoms with Crippen molar-refractivity contribution in [1.29, 1.82) is 0 Å². The largest absolute Gasteiger partial charge is 0.338 e. The lowest BCUT2D eigenvalue weighted by molar-refractivity contribution is -0.131. The zero-order chi connectivity index (χ0) is 16.6. The molecule has 0 spiro atoms. The highest BCUT2D eigenvalue weighted by Gasteiger charge is 2.23. The number of aryl methyl sites for hydroxylation is 1. The van der Waals surface area contributed by atoms with E-state index in [9.17, 15) is 4.79 Å². The average Bonchev–Trinajstić information content (AvgIpc) is 2.90. The summed E-state index contributed by atoms with van der Waals surface area (Å²) in [6.07, 6.45) is 5.06. The second kappa shape index (κ2) is 5.84. The Morgan fingerprint density at radius 1 is 1.26 bits per heavy atom. The normalized spacial score (nSPS) is 14.7. The molecule has 3 rings (SSSR count). The first-order valence-electron chi connectivity index (χ1n) is 8.20. The van der Waals surface area contributed by atoms with E-state index < -0.39 is 0 Å². The number of hydrogen-bond donors (Lipinski definition) is 0. The molecule has 0 bridgehead atoms. The lowest BCUT2D eigenvalue weighted by atomic mass is 9.84. The maximum absolute atomic E-state index is 12.6. The molecule has 0 fully saturated rings. The van der Waals surface area contributed by atoms with E-state index >= 15 is 0 Å². The molecule has 1 aliphatic rings. The maximum atomic E-state index is 12.6. The van der Waals surface area contributed by atoms with Gasteiger partial charge in [-0.25, -0.2) is 0 Å². The Labute approximate surface area is 138 Å². The predicted octanol–water partition coefficient (Wildman–Crippen LogP) is 2.85. The lowest BCUT2D eigenvalue weighted by Gasteiger charge is -2.30. The third-order valence-electron chi connectivity index (χ3n) is 4.55. The Balaban J connectivity index is 1.75. The standard InChI is InChI=1S/C19H25N3O/c1-19(2,3)17-6-5-15-7-8-22(13-16(15)10-17)18(23)9-14-11-20-21(4)12-14/h5-6,10-12H,7-9,13H2,1-4H3. The van der Waals surface area contributed by atoms with E-state index in [4.69, 9.17) is 0 Å². The number of rotatable bonds is 2. The van der Waals surface area contributed by atoms with Gasteiger partial charge in [0.1, 0.15) is 0 Å². The summed E-state index contributed by atoms with van der Waals surface area (Å²) >= 11 is 0. The Morgan fingerprint density at radius 3 is 2.70 bits per heavy atom. The number of amides is 1. The van der Waals surface area contributed by atoms with E-state index in [0.29, 0.717) is 6.42 Å². The quantitative estimate of drug-likeness (QED) is 0.855. The lowest BCUT2D eigenvalue weighted by Crippen LogP contribution is -2.37. The number of aromatic nitrogens is 2. The third-order valence-corrected chi connectivity index (χ3v) is 4.55. The Morgan fingerprint density at radius 2 is 2.04 bits per heavy atom. The number of nitrogens with zero attached hydrogens (tertiary/aromatic N) is 3. The zero-order valence-electron chi connectivity index (χ0n) is 14.5. The van der Waals surface area contributed by atoms with Gasteiger partial charge in [0.25, 0.3) is 0 Å². The summed E-state index contributed by atoms with van der Waals surface area (Å²) in [5.74, 6) is 0.185. The van der Waals surface area contributed by atoms with Crippen molar-refractivity contribution in [2.24, 2.45) is 7.05 Å². The zero-order valence-corrected chi connectivity index (χ0v) is 14.5. The molecule has 0 saturated heterocycles. The van der Waals surface area contributed by atoms with Crippen LogP contribution in [0.2, 0.25) is 0 Å². The third kappa shape index (κ3) is 3.46. The fourth-order valence-electron chi connectivity index (χ4n) is 3.09. The molecule has 1 amide bonds. The van der Waals surface area contributed by atoms with E-state index in [0.717, 1.165) is 25.1 Å². The number of benzene rings is 1. The van der Waals surface area contributed by atoms with Crippen molar-refractivity contribution in [1.82, 2.24) is 14.7 Å². The molecule has 0 saturated carbocycles. The Kier molecular flexibility index (Phi) is 4.00. The monoisotopic (exact) mass is 311 g/mol. The summed E-state index contributed by atoms with van der Waals surface area (Å²) in [5.41, 5.74) is 5.12. The van der Waals surface area contributed by atoms with Crippen LogP contribution in [0.15, 0.2) is 30.6 Å². The summed E-state index contributed by atoms with van der Waals surface area (Å²) in [6.45, 7) is 8.20. The molecular weight excluding hydrogens is 286 g/mol. The minimum Gasteiger partial charge on any atom is -0.338 e. The van der Waals surface area contributed by atoms with Gasteiger partial charge in [0.15, 0.2) is 0 Å². The molecule has 1 aromatic heterocycles. The average molecular weight is 311 g/mol. The SMILES string of the molecule is Cn1cc(CC(=O)N2CCc3ccc(C(C)(C)C)cc3C2)cn1.